The van der Waals surface area contributed by atoms with E-state index < -0.39 is 17.5 Å². The molecule has 1 saturated carbocycles. The van der Waals surface area contributed by atoms with E-state index >= 15 is 0 Å². The van der Waals surface area contributed by atoms with Gasteiger partial charge in [0.15, 0.2) is 0 Å². The molecule has 0 spiro atoms. The Hall–Kier alpha value is -1.95. The van der Waals surface area contributed by atoms with Crippen LogP contribution in [0.3, 0.4) is 0 Å². The predicted molar refractivity (Wildman–Crippen MR) is 76.1 cm³/mol. The Morgan fingerprint density at radius 2 is 2.29 bits per heavy atom. The molecule has 1 aliphatic carbocycles. The smallest absolute Gasteiger partial charge is 0.338 e. The average molecular weight is 292 g/mol. The SMILES string of the molecule is CC1CCCC(O)(CNC(=O)c2ncccc2C(=O)O)C1. The molecule has 114 valence electrons. The van der Waals surface area contributed by atoms with Gasteiger partial charge in [0, 0.05) is 12.7 Å². The Morgan fingerprint density at radius 1 is 1.52 bits per heavy atom. The third-order valence-corrected chi connectivity index (χ3v) is 3.90. The minimum atomic E-state index is -1.20. The Morgan fingerprint density at radius 3 is 2.95 bits per heavy atom. The van der Waals surface area contributed by atoms with Gasteiger partial charge in [0.05, 0.1) is 11.2 Å². The van der Waals surface area contributed by atoms with Crippen LogP contribution < -0.4 is 5.32 Å². The number of hydrogen-bond acceptors (Lipinski definition) is 4. The van der Waals surface area contributed by atoms with Gasteiger partial charge in [-0.25, -0.2) is 4.79 Å². The van der Waals surface area contributed by atoms with Gasteiger partial charge in [0.2, 0.25) is 0 Å². The third kappa shape index (κ3) is 3.78. The molecule has 1 aromatic rings. The van der Waals surface area contributed by atoms with E-state index in [4.69, 9.17) is 5.11 Å². The quantitative estimate of drug-likeness (QED) is 0.780. The maximum absolute atomic E-state index is 12.1. The normalized spacial score (nSPS) is 25.3. The van der Waals surface area contributed by atoms with Crippen LogP contribution in [0, 0.1) is 5.92 Å². The second kappa shape index (κ2) is 6.22. The predicted octanol–water partition coefficient (Wildman–Crippen LogP) is 1.45. The maximum atomic E-state index is 12.1. The fourth-order valence-corrected chi connectivity index (χ4v) is 2.88. The molecule has 0 saturated heterocycles. The lowest BCUT2D eigenvalue weighted by molar-refractivity contribution is -0.0109. The van der Waals surface area contributed by atoms with Crippen LogP contribution in [0.2, 0.25) is 0 Å². The number of carboxylic acids is 1. The number of carbonyl (C=O) groups is 2. The summed E-state index contributed by atoms with van der Waals surface area (Å²) in [5.41, 5.74) is -1.18. The van der Waals surface area contributed by atoms with Crippen molar-refractivity contribution in [3.05, 3.63) is 29.6 Å². The first-order valence-corrected chi connectivity index (χ1v) is 7.10. The van der Waals surface area contributed by atoms with Crippen molar-refractivity contribution >= 4 is 11.9 Å². The highest BCUT2D eigenvalue weighted by Gasteiger charge is 2.33. The number of hydrogen-bond donors (Lipinski definition) is 3. The molecule has 2 rings (SSSR count). The molecule has 6 heteroatoms. The highest BCUT2D eigenvalue weighted by atomic mass is 16.4. The van der Waals surface area contributed by atoms with Gasteiger partial charge in [-0.1, -0.05) is 19.8 Å². The maximum Gasteiger partial charge on any atom is 0.338 e. The molecule has 0 aliphatic heterocycles. The lowest BCUT2D eigenvalue weighted by atomic mass is 9.79. The number of carboxylic acid groups (broad SMARTS) is 1. The van der Waals surface area contributed by atoms with Gasteiger partial charge in [-0.2, -0.15) is 0 Å². The van der Waals surface area contributed by atoms with E-state index in [0.29, 0.717) is 18.8 Å². The second-order valence-electron chi connectivity index (χ2n) is 5.81. The molecule has 1 fully saturated rings. The van der Waals surface area contributed by atoms with Crippen LogP contribution in [0.5, 0.6) is 0 Å². The molecule has 0 aromatic carbocycles. The summed E-state index contributed by atoms with van der Waals surface area (Å²) in [7, 11) is 0. The Labute approximate surface area is 123 Å². The standard InChI is InChI=1S/C15H20N2O4/c1-10-4-2-6-15(21,8-10)9-17-13(18)12-11(14(19)20)5-3-7-16-12/h3,5,7,10,21H,2,4,6,8-9H2,1H3,(H,17,18)(H,19,20). The molecule has 1 aliphatic rings. The summed E-state index contributed by atoms with van der Waals surface area (Å²) in [6.07, 6.45) is 4.67. The topological polar surface area (TPSA) is 99.5 Å². The van der Waals surface area contributed by atoms with Crippen molar-refractivity contribution in [2.75, 3.05) is 6.54 Å². The molecular formula is C15H20N2O4. The lowest BCUT2D eigenvalue weighted by Crippen LogP contribution is -2.46. The zero-order valence-corrected chi connectivity index (χ0v) is 12.0. The van der Waals surface area contributed by atoms with Crippen molar-refractivity contribution in [3.63, 3.8) is 0 Å². The van der Waals surface area contributed by atoms with E-state index in [0.717, 1.165) is 12.8 Å². The van der Waals surface area contributed by atoms with Gasteiger partial charge in [0.25, 0.3) is 5.91 Å². The Bertz CT molecular complexity index is 546. The molecule has 3 N–H and O–H groups in total. The van der Waals surface area contributed by atoms with Crippen LogP contribution in [0.4, 0.5) is 0 Å². The number of carbonyl (C=O) groups excluding carboxylic acids is 1. The highest BCUT2D eigenvalue weighted by molar-refractivity contribution is 6.03. The Balaban J connectivity index is 2.04. The van der Waals surface area contributed by atoms with Crippen LogP contribution in [0.15, 0.2) is 18.3 Å². The summed E-state index contributed by atoms with van der Waals surface area (Å²) in [5.74, 6) is -1.34. The lowest BCUT2D eigenvalue weighted by Gasteiger charge is -2.35. The molecule has 1 amide bonds. The van der Waals surface area contributed by atoms with Crippen LogP contribution >= 0.6 is 0 Å². The van der Waals surface area contributed by atoms with Crippen molar-refractivity contribution in [1.29, 1.82) is 0 Å². The van der Waals surface area contributed by atoms with Crippen LogP contribution in [-0.4, -0.2) is 39.2 Å². The second-order valence-corrected chi connectivity index (χ2v) is 5.81. The highest BCUT2D eigenvalue weighted by Crippen LogP contribution is 2.31. The van der Waals surface area contributed by atoms with Gasteiger partial charge >= 0.3 is 5.97 Å². The van der Waals surface area contributed by atoms with E-state index in [9.17, 15) is 14.7 Å². The number of rotatable bonds is 4. The summed E-state index contributed by atoms with van der Waals surface area (Å²) >= 11 is 0. The van der Waals surface area contributed by atoms with E-state index in [1.165, 1.54) is 18.3 Å². The van der Waals surface area contributed by atoms with E-state index in [1.807, 2.05) is 0 Å². The van der Waals surface area contributed by atoms with Gasteiger partial charge in [0.1, 0.15) is 5.69 Å². The fraction of sp³-hybridized carbons (Fsp3) is 0.533. The first kappa shape index (κ1) is 15.4. The van der Waals surface area contributed by atoms with Crippen LogP contribution in [-0.2, 0) is 0 Å². The number of amides is 1. The minimum Gasteiger partial charge on any atom is -0.478 e. The molecule has 2 atom stereocenters. The first-order valence-electron chi connectivity index (χ1n) is 7.10. The Kier molecular flexibility index (Phi) is 4.57. The van der Waals surface area contributed by atoms with Crippen molar-refractivity contribution in [2.24, 2.45) is 5.92 Å². The monoisotopic (exact) mass is 292 g/mol. The summed E-state index contributed by atoms with van der Waals surface area (Å²) in [4.78, 5) is 27.0. The molecule has 6 nitrogen and oxygen atoms in total. The van der Waals surface area contributed by atoms with Crippen molar-refractivity contribution in [2.45, 2.75) is 38.2 Å². The third-order valence-electron chi connectivity index (χ3n) is 3.90. The van der Waals surface area contributed by atoms with E-state index in [2.05, 4.69) is 17.2 Å². The fourth-order valence-electron chi connectivity index (χ4n) is 2.88. The first-order chi connectivity index (χ1) is 9.91. The molecule has 2 unspecified atom stereocenters. The number of nitrogens with one attached hydrogen (secondary N) is 1. The van der Waals surface area contributed by atoms with E-state index in [-0.39, 0.29) is 17.8 Å². The zero-order valence-electron chi connectivity index (χ0n) is 12.0. The van der Waals surface area contributed by atoms with Gasteiger partial charge < -0.3 is 15.5 Å². The largest absolute Gasteiger partial charge is 0.478 e. The van der Waals surface area contributed by atoms with Gasteiger partial charge in [-0.05, 0) is 30.9 Å². The van der Waals surface area contributed by atoms with Gasteiger partial charge in [-0.15, -0.1) is 0 Å². The summed E-state index contributed by atoms with van der Waals surface area (Å²) in [5, 5.41) is 22.1. The van der Waals surface area contributed by atoms with Gasteiger partial charge in [-0.3, -0.25) is 9.78 Å². The van der Waals surface area contributed by atoms with Crippen LogP contribution in [0.1, 0.15) is 53.5 Å². The molecule has 1 aromatic heterocycles. The number of nitrogens with zero attached hydrogens (tertiary/aromatic N) is 1. The van der Waals surface area contributed by atoms with Crippen LogP contribution in [0.25, 0.3) is 0 Å². The zero-order chi connectivity index (χ0) is 15.5. The molecule has 0 radical (unpaired) electrons. The minimum absolute atomic E-state index is 0.117. The molecule has 0 bridgehead atoms. The number of aliphatic hydroxyl groups is 1. The number of aromatic nitrogens is 1. The number of aromatic carboxylic acids is 1. The van der Waals surface area contributed by atoms with E-state index in [1.54, 1.807) is 0 Å². The average Bonchev–Trinajstić information content (AvgIpc) is 2.44. The summed E-state index contributed by atoms with van der Waals surface area (Å²) in [6, 6.07) is 2.80. The van der Waals surface area contributed by atoms with Crippen molar-refractivity contribution < 1.29 is 19.8 Å². The molecule has 1 heterocycles. The summed E-state index contributed by atoms with van der Waals surface area (Å²) < 4.78 is 0. The molecular weight excluding hydrogens is 272 g/mol. The van der Waals surface area contributed by atoms with Crippen molar-refractivity contribution in [1.82, 2.24) is 10.3 Å². The number of pyridine rings is 1. The summed E-state index contributed by atoms with van der Waals surface area (Å²) in [6.45, 7) is 2.19. The molecule has 21 heavy (non-hydrogen) atoms. The van der Waals surface area contributed by atoms with Crippen molar-refractivity contribution in [3.8, 4) is 0 Å².